The molecule has 3 nitrogen and oxygen atoms in total. The van der Waals surface area contributed by atoms with Crippen LogP contribution in [0.2, 0.25) is 0 Å². The molecule has 0 aliphatic rings. The molecule has 0 spiro atoms. The molecule has 0 fully saturated rings. The molecule has 0 saturated heterocycles. The number of benzene rings is 1. The van der Waals surface area contributed by atoms with Crippen LogP contribution in [0.3, 0.4) is 0 Å². The van der Waals surface area contributed by atoms with Gasteiger partial charge in [0.25, 0.3) is 0 Å². The zero-order chi connectivity index (χ0) is 13.0. The molecule has 2 aromatic rings. The number of nitrogens with one attached hydrogen (secondary N) is 1. The van der Waals surface area contributed by atoms with Crippen molar-refractivity contribution in [3.05, 3.63) is 45.6 Å². The quantitative estimate of drug-likeness (QED) is 0.871. The van der Waals surface area contributed by atoms with Gasteiger partial charge in [0.15, 0.2) is 0 Å². The molecule has 0 atom stereocenters. The van der Waals surface area contributed by atoms with Crippen molar-refractivity contribution in [3.63, 3.8) is 0 Å². The van der Waals surface area contributed by atoms with Crippen LogP contribution >= 0.6 is 11.3 Å². The Balaban J connectivity index is 1.96. The molecule has 2 rings (SSSR count). The molecule has 1 aromatic heterocycles. The second-order valence-corrected chi connectivity index (χ2v) is 4.92. The predicted octanol–water partition coefficient (Wildman–Crippen LogP) is 3.06. The van der Waals surface area contributed by atoms with Crippen LogP contribution in [0.1, 0.15) is 16.7 Å². The van der Waals surface area contributed by atoms with Gasteiger partial charge in [0.1, 0.15) is 11.5 Å². The molecule has 1 heterocycles. The number of ether oxygens (including phenoxy) is 1. The van der Waals surface area contributed by atoms with Crippen LogP contribution in [0.4, 0.5) is 0 Å². The highest BCUT2D eigenvalue weighted by molar-refractivity contribution is 7.08. The van der Waals surface area contributed by atoms with Crippen molar-refractivity contribution in [3.8, 4) is 11.5 Å². The van der Waals surface area contributed by atoms with Gasteiger partial charge in [0.2, 0.25) is 0 Å². The Morgan fingerprint density at radius 1 is 1.22 bits per heavy atom. The standard InChI is InChI=1S/C14H17NO2S/c1-10-8-18-9-12(10)7-15-6-11-5-13(17-2)3-4-14(11)16/h3-5,8-9,15-16H,6-7H2,1-2H3. The van der Waals surface area contributed by atoms with Crippen LogP contribution in [-0.2, 0) is 13.1 Å². The topological polar surface area (TPSA) is 41.5 Å². The van der Waals surface area contributed by atoms with Crippen LogP contribution < -0.4 is 10.1 Å². The monoisotopic (exact) mass is 263 g/mol. The van der Waals surface area contributed by atoms with Crippen molar-refractivity contribution in [2.24, 2.45) is 0 Å². The minimum Gasteiger partial charge on any atom is -0.508 e. The maximum Gasteiger partial charge on any atom is 0.120 e. The number of aryl methyl sites for hydroxylation is 1. The van der Waals surface area contributed by atoms with E-state index < -0.39 is 0 Å². The van der Waals surface area contributed by atoms with Crippen molar-refractivity contribution < 1.29 is 9.84 Å². The normalized spacial score (nSPS) is 10.6. The summed E-state index contributed by atoms with van der Waals surface area (Å²) in [6, 6.07) is 5.26. The van der Waals surface area contributed by atoms with E-state index in [0.717, 1.165) is 17.9 Å². The van der Waals surface area contributed by atoms with Crippen LogP contribution in [0, 0.1) is 6.92 Å². The summed E-state index contributed by atoms with van der Waals surface area (Å²) in [6.45, 7) is 3.54. The molecule has 0 aliphatic carbocycles. The summed E-state index contributed by atoms with van der Waals surface area (Å²) in [5.74, 6) is 1.06. The van der Waals surface area contributed by atoms with Gasteiger partial charge in [-0.15, -0.1) is 0 Å². The fraction of sp³-hybridized carbons (Fsp3) is 0.286. The lowest BCUT2D eigenvalue weighted by molar-refractivity contribution is 0.410. The van der Waals surface area contributed by atoms with Crippen molar-refractivity contribution in [1.82, 2.24) is 5.32 Å². The molecular weight excluding hydrogens is 246 g/mol. The van der Waals surface area contributed by atoms with E-state index in [2.05, 4.69) is 23.0 Å². The summed E-state index contributed by atoms with van der Waals surface area (Å²) in [5, 5.41) is 17.4. The Hall–Kier alpha value is -1.52. The molecule has 18 heavy (non-hydrogen) atoms. The highest BCUT2D eigenvalue weighted by Gasteiger charge is 2.04. The summed E-state index contributed by atoms with van der Waals surface area (Å²) >= 11 is 1.71. The summed E-state index contributed by atoms with van der Waals surface area (Å²) in [5.41, 5.74) is 3.46. The molecule has 2 N–H and O–H groups in total. The first-order valence-electron chi connectivity index (χ1n) is 5.79. The van der Waals surface area contributed by atoms with E-state index in [1.54, 1.807) is 30.6 Å². The molecule has 4 heteroatoms. The number of methoxy groups -OCH3 is 1. The Morgan fingerprint density at radius 2 is 2.00 bits per heavy atom. The predicted molar refractivity (Wildman–Crippen MR) is 74.3 cm³/mol. The van der Waals surface area contributed by atoms with E-state index in [0.29, 0.717) is 12.3 Å². The summed E-state index contributed by atoms with van der Waals surface area (Å²) in [4.78, 5) is 0. The van der Waals surface area contributed by atoms with Gasteiger partial charge in [-0.3, -0.25) is 0 Å². The van der Waals surface area contributed by atoms with E-state index in [-0.39, 0.29) is 0 Å². The Bertz CT molecular complexity index is 522. The second-order valence-electron chi connectivity index (χ2n) is 4.18. The smallest absolute Gasteiger partial charge is 0.120 e. The Morgan fingerprint density at radius 3 is 2.67 bits per heavy atom. The van der Waals surface area contributed by atoms with Crippen molar-refractivity contribution in [1.29, 1.82) is 0 Å². The lowest BCUT2D eigenvalue weighted by Crippen LogP contribution is -2.13. The molecule has 0 bridgehead atoms. The number of rotatable bonds is 5. The van der Waals surface area contributed by atoms with Crippen molar-refractivity contribution >= 4 is 11.3 Å². The first-order chi connectivity index (χ1) is 8.70. The average molecular weight is 263 g/mol. The number of thiophene rings is 1. The maximum atomic E-state index is 9.75. The third-order valence-corrected chi connectivity index (χ3v) is 3.79. The van der Waals surface area contributed by atoms with Gasteiger partial charge in [-0.2, -0.15) is 11.3 Å². The Labute approximate surface area is 111 Å². The van der Waals surface area contributed by atoms with Gasteiger partial charge < -0.3 is 15.2 Å². The number of aromatic hydroxyl groups is 1. The largest absolute Gasteiger partial charge is 0.508 e. The van der Waals surface area contributed by atoms with Crippen molar-refractivity contribution in [2.75, 3.05) is 7.11 Å². The SMILES string of the molecule is COc1ccc(O)c(CNCc2cscc2C)c1. The fourth-order valence-corrected chi connectivity index (χ4v) is 2.59. The molecule has 0 aliphatic heterocycles. The molecule has 0 amide bonds. The molecule has 0 unspecified atom stereocenters. The molecule has 1 aromatic carbocycles. The first kappa shape index (κ1) is 12.9. The van der Waals surface area contributed by atoms with Gasteiger partial charge in [-0.25, -0.2) is 0 Å². The number of phenols is 1. The summed E-state index contributed by atoms with van der Waals surface area (Å²) in [7, 11) is 1.62. The molecule has 0 radical (unpaired) electrons. The van der Waals surface area contributed by atoms with Gasteiger partial charge >= 0.3 is 0 Å². The van der Waals surface area contributed by atoms with Gasteiger partial charge in [-0.05, 0) is 47.0 Å². The highest BCUT2D eigenvalue weighted by Crippen LogP contribution is 2.22. The van der Waals surface area contributed by atoms with E-state index in [9.17, 15) is 5.11 Å². The van der Waals surface area contributed by atoms with E-state index in [1.165, 1.54) is 11.1 Å². The lowest BCUT2D eigenvalue weighted by atomic mass is 10.1. The van der Waals surface area contributed by atoms with E-state index in [1.807, 2.05) is 6.07 Å². The lowest BCUT2D eigenvalue weighted by Gasteiger charge is -2.08. The van der Waals surface area contributed by atoms with Gasteiger partial charge in [0, 0.05) is 18.7 Å². The summed E-state index contributed by atoms with van der Waals surface area (Å²) in [6.07, 6.45) is 0. The third kappa shape index (κ3) is 3.03. The molecule has 96 valence electrons. The zero-order valence-corrected chi connectivity index (χ0v) is 11.4. The number of phenolic OH excluding ortho intramolecular Hbond substituents is 1. The first-order valence-corrected chi connectivity index (χ1v) is 6.73. The van der Waals surface area contributed by atoms with Crippen LogP contribution in [0.25, 0.3) is 0 Å². The average Bonchev–Trinajstić information content (AvgIpc) is 2.77. The third-order valence-electron chi connectivity index (χ3n) is 2.88. The second kappa shape index (κ2) is 5.89. The van der Waals surface area contributed by atoms with Crippen LogP contribution in [-0.4, -0.2) is 12.2 Å². The van der Waals surface area contributed by atoms with E-state index >= 15 is 0 Å². The van der Waals surface area contributed by atoms with Crippen molar-refractivity contribution in [2.45, 2.75) is 20.0 Å². The van der Waals surface area contributed by atoms with Crippen LogP contribution in [0.5, 0.6) is 11.5 Å². The molecule has 0 saturated carbocycles. The zero-order valence-electron chi connectivity index (χ0n) is 10.6. The highest BCUT2D eigenvalue weighted by atomic mass is 32.1. The number of hydrogen-bond donors (Lipinski definition) is 2. The Kier molecular flexibility index (Phi) is 4.23. The van der Waals surface area contributed by atoms with Crippen LogP contribution in [0.15, 0.2) is 29.0 Å². The summed E-state index contributed by atoms with van der Waals surface area (Å²) < 4.78 is 5.14. The maximum absolute atomic E-state index is 9.75. The minimum absolute atomic E-state index is 0.297. The fourth-order valence-electron chi connectivity index (χ4n) is 1.73. The van der Waals surface area contributed by atoms with E-state index in [4.69, 9.17) is 4.74 Å². The molecular formula is C14H17NO2S. The van der Waals surface area contributed by atoms with Gasteiger partial charge in [-0.1, -0.05) is 0 Å². The minimum atomic E-state index is 0.297. The van der Waals surface area contributed by atoms with Gasteiger partial charge in [0.05, 0.1) is 7.11 Å². The number of hydrogen-bond acceptors (Lipinski definition) is 4.